The fourth-order valence-electron chi connectivity index (χ4n) is 1.49. The van der Waals surface area contributed by atoms with E-state index < -0.39 is 29.6 Å². The van der Waals surface area contributed by atoms with Crippen molar-refractivity contribution in [3.8, 4) is 0 Å². The van der Waals surface area contributed by atoms with Crippen molar-refractivity contribution >= 4 is 23.8 Å². The van der Waals surface area contributed by atoms with Gasteiger partial charge in [-0.2, -0.15) is 0 Å². The highest BCUT2D eigenvalue weighted by atomic mass is 19.1. The quantitative estimate of drug-likeness (QED) is 0.690. The minimum atomic E-state index is -2.40. The number of amides is 5. The first kappa shape index (κ1) is 15.1. The topological polar surface area (TPSA) is 95.6 Å². The van der Waals surface area contributed by atoms with Crippen molar-refractivity contribution in [1.29, 1.82) is 0 Å². The second kappa shape index (κ2) is 5.33. The largest absolute Gasteiger partial charge is 0.351 e. The first-order chi connectivity index (χ1) is 8.61. The van der Waals surface area contributed by atoms with Crippen molar-refractivity contribution in [2.75, 3.05) is 6.54 Å². The maximum absolute atomic E-state index is 13.1. The number of carbonyl (C=O) groups excluding carboxylic acids is 4. The van der Waals surface area contributed by atoms with Crippen molar-refractivity contribution in [3.05, 3.63) is 0 Å². The molecule has 5 amide bonds. The average Bonchev–Trinajstić information content (AvgIpc) is 2.23. The van der Waals surface area contributed by atoms with Crippen LogP contribution in [0.3, 0.4) is 0 Å². The highest BCUT2D eigenvalue weighted by molar-refractivity contribution is 6.18. The Bertz CT molecular complexity index is 430. The summed E-state index contributed by atoms with van der Waals surface area (Å²) in [5, 5.41) is 4.34. The van der Waals surface area contributed by atoms with Crippen LogP contribution in [0.4, 0.5) is 9.18 Å². The van der Waals surface area contributed by atoms with E-state index in [-0.39, 0.29) is 18.9 Å². The Kier molecular flexibility index (Phi) is 4.23. The maximum atomic E-state index is 13.1. The Morgan fingerprint density at radius 1 is 1.37 bits per heavy atom. The Morgan fingerprint density at radius 3 is 2.47 bits per heavy atom. The lowest BCUT2D eigenvalue weighted by Crippen LogP contribution is -2.59. The van der Waals surface area contributed by atoms with E-state index in [0.29, 0.717) is 4.90 Å². The third-order valence-corrected chi connectivity index (χ3v) is 2.27. The minimum Gasteiger partial charge on any atom is -0.351 e. The molecule has 1 unspecified atom stereocenters. The summed E-state index contributed by atoms with van der Waals surface area (Å²) in [6.45, 7) is 5.06. The molecule has 0 aromatic rings. The van der Waals surface area contributed by atoms with Crippen LogP contribution in [0.2, 0.25) is 0 Å². The molecule has 1 atom stereocenters. The Labute approximate surface area is 109 Å². The summed E-state index contributed by atoms with van der Waals surface area (Å²) in [5.41, 5.74) is -0.441. The summed E-state index contributed by atoms with van der Waals surface area (Å²) in [6.07, 6.45) is -2.56. The number of hydrogen-bond acceptors (Lipinski definition) is 4. The molecule has 0 radical (unpaired) electrons. The molecule has 0 saturated carbocycles. The van der Waals surface area contributed by atoms with E-state index in [9.17, 15) is 23.6 Å². The van der Waals surface area contributed by atoms with Gasteiger partial charge in [-0.1, -0.05) is 0 Å². The summed E-state index contributed by atoms with van der Waals surface area (Å²) in [4.78, 5) is 45.6. The van der Waals surface area contributed by atoms with E-state index in [1.807, 2.05) is 0 Å². The summed E-state index contributed by atoms with van der Waals surface area (Å²) in [6, 6.07) is -1.01. The van der Waals surface area contributed by atoms with Gasteiger partial charge >= 0.3 is 6.03 Å². The predicted molar refractivity (Wildman–Crippen MR) is 62.7 cm³/mol. The number of barbiturate groups is 1. The first-order valence-electron chi connectivity index (χ1n) is 5.73. The van der Waals surface area contributed by atoms with Crippen LogP contribution in [-0.2, 0) is 14.4 Å². The molecule has 0 spiro atoms. The van der Waals surface area contributed by atoms with E-state index in [1.54, 1.807) is 26.1 Å². The molecule has 1 fully saturated rings. The lowest BCUT2D eigenvalue weighted by molar-refractivity contribution is -0.143. The molecular formula is C11H16FN3O4. The summed E-state index contributed by atoms with van der Waals surface area (Å²) < 4.78 is 13.1. The highest BCUT2D eigenvalue weighted by Crippen LogP contribution is 2.08. The molecule has 7 nitrogen and oxygen atoms in total. The molecule has 106 valence electrons. The fourth-order valence-corrected chi connectivity index (χ4v) is 1.49. The van der Waals surface area contributed by atoms with Crippen LogP contribution in [0.1, 0.15) is 27.2 Å². The van der Waals surface area contributed by atoms with Gasteiger partial charge in [-0.3, -0.25) is 24.6 Å². The number of imide groups is 2. The monoisotopic (exact) mass is 273 g/mol. The lowest BCUT2D eigenvalue weighted by atomic mass is 10.1. The van der Waals surface area contributed by atoms with Crippen molar-refractivity contribution < 1.29 is 23.6 Å². The van der Waals surface area contributed by atoms with Gasteiger partial charge in [0.15, 0.2) is 0 Å². The van der Waals surface area contributed by atoms with Gasteiger partial charge in [0.05, 0.1) is 0 Å². The van der Waals surface area contributed by atoms with Gasteiger partial charge in [0.1, 0.15) is 0 Å². The zero-order valence-electron chi connectivity index (χ0n) is 10.9. The Hall–Kier alpha value is -1.99. The van der Waals surface area contributed by atoms with Crippen LogP contribution >= 0.6 is 0 Å². The number of rotatable bonds is 3. The van der Waals surface area contributed by atoms with Crippen molar-refractivity contribution in [2.24, 2.45) is 0 Å². The summed E-state index contributed by atoms with van der Waals surface area (Å²) in [7, 11) is 0. The van der Waals surface area contributed by atoms with Crippen LogP contribution < -0.4 is 10.6 Å². The predicted octanol–water partition coefficient (Wildman–Crippen LogP) is -0.292. The summed E-state index contributed by atoms with van der Waals surface area (Å²) in [5.74, 6) is -2.89. The van der Waals surface area contributed by atoms with Gasteiger partial charge in [0, 0.05) is 18.5 Å². The van der Waals surface area contributed by atoms with Crippen molar-refractivity contribution in [3.63, 3.8) is 0 Å². The van der Waals surface area contributed by atoms with Gasteiger partial charge < -0.3 is 5.32 Å². The zero-order chi connectivity index (χ0) is 14.8. The Balaban J connectivity index is 2.57. The number of hydrogen-bond donors (Lipinski definition) is 2. The molecule has 8 heteroatoms. The molecule has 0 aromatic carbocycles. The van der Waals surface area contributed by atoms with E-state index in [2.05, 4.69) is 5.32 Å². The average molecular weight is 273 g/mol. The minimum absolute atomic E-state index is 0.155. The highest BCUT2D eigenvalue weighted by Gasteiger charge is 2.40. The van der Waals surface area contributed by atoms with Crippen LogP contribution in [0, 0.1) is 0 Å². The molecule has 0 aromatic heterocycles. The molecule has 1 aliphatic heterocycles. The zero-order valence-corrected chi connectivity index (χ0v) is 10.9. The smallest absolute Gasteiger partial charge is 0.330 e. The number of alkyl halides is 1. The summed E-state index contributed by atoms with van der Waals surface area (Å²) >= 11 is 0. The van der Waals surface area contributed by atoms with E-state index >= 15 is 0 Å². The van der Waals surface area contributed by atoms with Crippen LogP contribution in [0.15, 0.2) is 0 Å². The number of urea groups is 1. The number of nitrogens with zero attached hydrogens (tertiary/aromatic N) is 1. The number of nitrogens with one attached hydrogen (secondary N) is 2. The second-order valence-corrected chi connectivity index (χ2v) is 5.20. The van der Waals surface area contributed by atoms with E-state index in [0.717, 1.165) is 0 Å². The number of carbonyl (C=O) groups is 4. The first-order valence-corrected chi connectivity index (χ1v) is 5.73. The van der Waals surface area contributed by atoms with Crippen LogP contribution in [0.25, 0.3) is 0 Å². The van der Waals surface area contributed by atoms with Crippen molar-refractivity contribution in [1.82, 2.24) is 15.5 Å². The SMILES string of the molecule is CC(C)(C)NC(=O)CCN1C(=O)NC(=O)C(F)C1=O. The van der Waals surface area contributed by atoms with Gasteiger partial charge in [0.25, 0.3) is 18.0 Å². The standard InChI is InChI=1S/C11H16FN3O4/c1-11(2,3)14-6(16)4-5-15-9(18)7(12)8(17)13-10(15)19/h7H,4-5H2,1-3H3,(H,14,16)(H,13,17,19). The maximum Gasteiger partial charge on any atom is 0.330 e. The van der Waals surface area contributed by atoms with Gasteiger partial charge in [-0.05, 0) is 20.8 Å². The molecule has 1 heterocycles. The molecule has 1 rings (SSSR count). The third-order valence-electron chi connectivity index (χ3n) is 2.27. The third kappa shape index (κ3) is 4.01. The van der Waals surface area contributed by atoms with Gasteiger partial charge in [-0.15, -0.1) is 0 Å². The lowest BCUT2D eigenvalue weighted by Gasteiger charge is -2.27. The van der Waals surface area contributed by atoms with E-state index in [4.69, 9.17) is 0 Å². The number of halogens is 1. The van der Waals surface area contributed by atoms with E-state index in [1.165, 1.54) is 0 Å². The van der Waals surface area contributed by atoms with Gasteiger partial charge in [0.2, 0.25) is 5.91 Å². The molecule has 1 aliphatic rings. The normalized spacial score (nSPS) is 20.3. The van der Waals surface area contributed by atoms with Crippen molar-refractivity contribution in [2.45, 2.75) is 38.9 Å². The molecule has 19 heavy (non-hydrogen) atoms. The Morgan fingerprint density at radius 2 is 1.95 bits per heavy atom. The fraction of sp³-hybridized carbons (Fsp3) is 0.636. The second-order valence-electron chi connectivity index (χ2n) is 5.20. The van der Waals surface area contributed by atoms with Gasteiger partial charge in [-0.25, -0.2) is 9.18 Å². The molecule has 2 N–H and O–H groups in total. The molecule has 0 bridgehead atoms. The molecular weight excluding hydrogens is 257 g/mol. The van der Waals surface area contributed by atoms with Crippen LogP contribution in [0.5, 0.6) is 0 Å². The molecule has 0 aliphatic carbocycles. The molecule has 1 saturated heterocycles. The van der Waals surface area contributed by atoms with Crippen LogP contribution in [-0.4, -0.2) is 46.9 Å².